The molecular formula is C19H14N6O. The molecule has 5 aromatic rings. The maximum absolute atomic E-state index is 5.46. The van der Waals surface area contributed by atoms with Crippen molar-refractivity contribution in [3.05, 3.63) is 73.1 Å². The first-order chi connectivity index (χ1) is 12.9. The molecule has 4 heterocycles. The maximum atomic E-state index is 5.46. The normalized spacial score (nSPS) is 11.2. The molecular weight excluding hydrogens is 328 g/mol. The average molecular weight is 342 g/mol. The topological polar surface area (TPSA) is 81.1 Å². The van der Waals surface area contributed by atoms with E-state index in [4.69, 9.17) is 4.42 Å². The molecule has 0 atom stereocenters. The van der Waals surface area contributed by atoms with Crippen molar-refractivity contribution in [1.29, 1.82) is 0 Å². The molecule has 1 aromatic carbocycles. The van der Waals surface area contributed by atoms with Gasteiger partial charge in [-0.15, -0.1) is 10.2 Å². The van der Waals surface area contributed by atoms with Gasteiger partial charge in [0.05, 0.1) is 6.26 Å². The van der Waals surface area contributed by atoms with Gasteiger partial charge in [-0.05, 0) is 23.8 Å². The second kappa shape index (κ2) is 5.96. The Morgan fingerprint density at radius 2 is 2.08 bits per heavy atom. The molecule has 0 bridgehead atoms. The Morgan fingerprint density at radius 1 is 1.08 bits per heavy atom. The number of anilines is 1. The number of rotatable bonds is 4. The highest BCUT2D eigenvalue weighted by Gasteiger charge is 2.11. The fraction of sp³-hybridized carbons (Fsp3) is 0.0526. The van der Waals surface area contributed by atoms with Crippen LogP contribution in [0.2, 0.25) is 0 Å². The van der Waals surface area contributed by atoms with Crippen LogP contribution in [-0.2, 0) is 6.54 Å². The van der Waals surface area contributed by atoms with E-state index in [2.05, 4.69) is 31.5 Å². The van der Waals surface area contributed by atoms with Crippen LogP contribution < -0.4 is 5.32 Å². The van der Waals surface area contributed by atoms with E-state index in [1.165, 1.54) is 0 Å². The summed E-state index contributed by atoms with van der Waals surface area (Å²) in [5, 5.41) is 12.7. The van der Waals surface area contributed by atoms with Crippen LogP contribution >= 0.6 is 0 Å². The molecule has 0 unspecified atom stereocenters. The predicted molar refractivity (Wildman–Crippen MR) is 97.6 cm³/mol. The summed E-state index contributed by atoms with van der Waals surface area (Å²) in [6.45, 7) is 0.614. The van der Waals surface area contributed by atoms with Crippen LogP contribution in [0.25, 0.3) is 27.7 Å². The highest BCUT2D eigenvalue weighted by Crippen LogP contribution is 2.24. The Labute approximate surface area is 148 Å². The molecule has 0 amide bonds. The van der Waals surface area contributed by atoms with Crippen LogP contribution in [0.15, 0.2) is 72.0 Å². The van der Waals surface area contributed by atoms with Gasteiger partial charge < -0.3 is 9.73 Å². The molecule has 0 spiro atoms. The quantitative estimate of drug-likeness (QED) is 0.538. The molecule has 5 rings (SSSR count). The van der Waals surface area contributed by atoms with Gasteiger partial charge in [0, 0.05) is 41.6 Å². The van der Waals surface area contributed by atoms with Crippen molar-refractivity contribution in [3.63, 3.8) is 0 Å². The number of fused-ring (bicyclic) bond motifs is 2. The van der Waals surface area contributed by atoms with Crippen LogP contribution in [0.4, 0.5) is 5.95 Å². The van der Waals surface area contributed by atoms with E-state index in [0.717, 1.165) is 33.3 Å². The third kappa shape index (κ3) is 2.37. The first-order valence-electron chi connectivity index (χ1n) is 8.18. The number of pyridine rings is 1. The van der Waals surface area contributed by atoms with E-state index in [-0.39, 0.29) is 0 Å². The molecule has 26 heavy (non-hydrogen) atoms. The Balaban J connectivity index is 1.51. The zero-order valence-electron chi connectivity index (χ0n) is 13.7. The highest BCUT2D eigenvalue weighted by atomic mass is 16.3. The highest BCUT2D eigenvalue weighted by molar-refractivity contribution is 5.81. The summed E-state index contributed by atoms with van der Waals surface area (Å²) in [6.07, 6.45) is 8.68. The molecule has 1 N–H and O–H groups in total. The third-order valence-corrected chi connectivity index (χ3v) is 4.33. The Kier molecular flexibility index (Phi) is 3.35. The van der Waals surface area contributed by atoms with Crippen molar-refractivity contribution < 1.29 is 4.42 Å². The number of nitrogens with one attached hydrogen (secondary N) is 1. The zero-order valence-corrected chi connectivity index (χ0v) is 13.7. The fourth-order valence-corrected chi connectivity index (χ4v) is 3.06. The summed E-state index contributed by atoms with van der Waals surface area (Å²) < 4.78 is 7.30. The molecule has 0 aliphatic carbocycles. The number of aromatic nitrogens is 5. The first-order valence-corrected chi connectivity index (χ1v) is 8.18. The number of furan rings is 1. The van der Waals surface area contributed by atoms with Crippen molar-refractivity contribution in [2.45, 2.75) is 6.54 Å². The van der Waals surface area contributed by atoms with Crippen molar-refractivity contribution in [3.8, 4) is 11.1 Å². The van der Waals surface area contributed by atoms with Crippen LogP contribution in [0.3, 0.4) is 0 Å². The van der Waals surface area contributed by atoms with E-state index in [1.807, 2.05) is 34.7 Å². The second-order valence-electron chi connectivity index (χ2n) is 5.86. The lowest BCUT2D eigenvalue weighted by atomic mass is 10.1. The smallest absolute Gasteiger partial charge is 0.210 e. The van der Waals surface area contributed by atoms with Gasteiger partial charge in [-0.1, -0.05) is 18.2 Å². The van der Waals surface area contributed by atoms with Crippen LogP contribution in [-0.4, -0.2) is 24.6 Å². The molecule has 7 heteroatoms. The van der Waals surface area contributed by atoms with Gasteiger partial charge in [-0.25, -0.2) is 4.98 Å². The van der Waals surface area contributed by atoms with Gasteiger partial charge in [-0.3, -0.25) is 9.38 Å². The van der Waals surface area contributed by atoms with Crippen molar-refractivity contribution in [2.75, 3.05) is 5.32 Å². The Hall–Kier alpha value is -3.74. The van der Waals surface area contributed by atoms with E-state index < -0.39 is 0 Å². The SMILES string of the molecule is c1cncc(-c2cnc(NCc3cccc4occc34)n3cnnc23)c1. The largest absolute Gasteiger partial charge is 0.464 e. The molecule has 0 saturated carbocycles. The minimum atomic E-state index is 0.614. The molecule has 126 valence electrons. The standard InChI is InChI=1S/C19H14N6O/c1-3-14(15-6-8-26-17(15)5-1)10-21-19-22-11-16(13-4-2-7-20-9-13)18-24-23-12-25(18)19/h1-9,11-12H,10H2,(H,21,22). The van der Waals surface area contributed by atoms with Crippen LogP contribution in [0.1, 0.15) is 5.56 Å². The number of hydrogen-bond acceptors (Lipinski definition) is 6. The van der Waals surface area contributed by atoms with Crippen molar-refractivity contribution in [2.24, 2.45) is 0 Å². The van der Waals surface area contributed by atoms with Crippen molar-refractivity contribution in [1.82, 2.24) is 24.6 Å². The van der Waals surface area contributed by atoms with Crippen molar-refractivity contribution >= 4 is 22.6 Å². The van der Waals surface area contributed by atoms with E-state index in [1.54, 1.807) is 31.2 Å². The zero-order chi connectivity index (χ0) is 17.3. The molecule has 4 aromatic heterocycles. The monoisotopic (exact) mass is 342 g/mol. The van der Waals surface area contributed by atoms with E-state index in [0.29, 0.717) is 12.5 Å². The Bertz CT molecular complexity index is 1190. The summed E-state index contributed by atoms with van der Waals surface area (Å²) >= 11 is 0. The summed E-state index contributed by atoms with van der Waals surface area (Å²) in [5.41, 5.74) is 4.58. The van der Waals surface area contributed by atoms with Gasteiger partial charge in [0.25, 0.3) is 0 Å². The predicted octanol–water partition coefficient (Wildman–Crippen LogP) is 3.54. The average Bonchev–Trinajstić information content (AvgIpc) is 3.36. The molecule has 0 aliphatic rings. The van der Waals surface area contributed by atoms with Gasteiger partial charge >= 0.3 is 0 Å². The summed E-state index contributed by atoms with van der Waals surface area (Å²) in [5.74, 6) is 0.679. The van der Waals surface area contributed by atoms with Gasteiger partial charge in [0.15, 0.2) is 5.65 Å². The number of hydrogen-bond donors (Lipinski definition) is 1. The summed E-state index contributed by atoms with van der Waals surface area (Å²) in [7, 11) is 0. The summed E-state index contributed by atoms with van der Waals surface area (Å²) in [4.78, 5) is 8.72. The van der Waals surface area contributed by atoms with Crippen LogP contribution in [0, 0.1) is 0 Å². The number of benzene rings is 1. The summed E-state index contributed by atoms with van der Waals surface area (Å²) in [6, 6.07) is 11.8. The first kappa shape index (κ1) is 14.6. The third-order valence-electron chi connectivity index (χ3n) is 4.33. The van der Waals surface area contributed by atoms with E-state index >= 15 is 0 Å². The van der Waals surface area contributed by atoms with Gasteiger partial charge in [0.1, 0.15) is 11.9 Å². The van der Waals surface area contributed by atoms with Gasteiger partial charge in [-0.2, -0.15) is 0 Å². The maximum Gasteiger partial charge on any atom is 0.210 e. The van der Waals surface area contributed by atoms with Gasteiger partial charge in [0.2, 0.25) is 5.95 Å². The molecule has 0 radical (unpaired) electrons. The molecule has 0 fully saturated rings. The molecule has 0 saturated heterocycles. The second-order valence-corrected chi connectivity index (χ2v) is 5.86. The minimum Gasteiger partial charge on any atom is -0.464 e. The van der Waals surface area contributed by atoms with Crippen LogP contribution in [0.5, 0.6) is 0 Å². The lowest BCUT2D eigenvalue weighted by Gasteiger charge is -2.10. The lowest BCUT2D eigenvalue weighted by Crippen LogP contribution is -2.07. The minimum absolute atomic E-state index is 0.614. The number of nitrogens with zero attached hydrogens (tertiary/aromatic N) is 5. The fourth-order valence-electron chi connectivity index (χ4n) is 3.06. The van der Waals surface area contributed by atoms with E-state index in [9.17, 15) is 0 Å². The lowest BCUT2D eigenvalue weighted by molar-refractivity contribution is 0.616. The Morgan fingerprint density at radius 3 is 3.00 bits per heavy atom. The molecule has 7 nitrogen and oxygen atoms in total. The molecule has 0 aliphatic heterocycles.